The third-order valence-corrected chi connectivity index (χ3v) is 5.00. The molecule has 3 rings (SSSR count). The van der Waals surface area contributed by atoms with E-state index in [1.807, 2.05) is 13.1 Å². The molecule has 3 heteroatoms. The third kappa shape index (κ3) is 2.56. The summed E-state index contributed by atoms with van der Waals surface area (Å²) in [6, 6.07) is 6.18. The van der Waals surface area contributed by atoms with Gasteiger partial charge in [0.15, 0.2) is 0 Å². The smallest absolute Gasteiger partial charge is 0.129 e. The molecule has 0 bridgehead atoms. The van der Waals surface area contributed by atoms with Crippen LogP contribution in [0.4, 0.5) is 10.1 Å². The molecule has 2 nitrogen and oxygen atoms in total. The molecule has 2 aliphatic rings. The summed E-state index contributed by atoms with van der Waals surface area (Å²) >= 11 is 0. The van der Waals surface area contributed by atoms with Crippen molar-refractivity contribution in [2.75, 3.05) is 18.5 Å². The molecule has 0 spiro atoms. The Kier molecular flexibility index (Phi) is 4.25. The van der Waals surface area contributed by atoms with Crippen molar-refractivity contribution in [3.8, 4) is 0 Å². The zero-order valence-electron chi connectivity index (χ0n) is 12.4. The molecule has 1 saturated carbocycles. The van der Waals surface area contributed by atoms with E-state index in [-0.39, 0.29) is 5.82 Å². The number of hydrogen-bond donors (Lipinski definition) is 1. The molecule has 110 valence electrons. The van der Waals surface area contributed by atoms with Gasteiger partial charge < -0.3 is 10.2 Å². The lowest BCUT2D eigenvalue weighted by Gasteiger charge is -2.46. The maximum atomic E-state index is 14.1. The highest BCUT2D eigenvalue weighted by molar-refractivity contribution is 5.55. The molecule has 2 atom stereocenters. The van der Waals surface area contributed by atoms with Crippen LogP contribution >= 0.6 is 0 Å². The lowest BCUT2D eigenvalue weighted by atomic mass is 9.78. The van der Waals surface area contributed by atoms with Gasteiger partial charge in [-0.3, -0.25) is 0 Å². The summed E-state index contributed by atoms with van der Waals surface area (Å²) in [6.45, 7) is 1.69. The van der Waals surface area contributed by atoms with Gasteiger partial charge in [-0.1, -0.05) is 18.9 Å². The number of fused-ring (bicyclic) bond motifs is 1. The summed E-state index contributed by atoms with van der Waals surface area (Å²) in [5, 5.41) is 3.11. The number of hydrogen-bond acceptors (Lipinski definition) is 2. The number of anilines is 1. The summed E-state index contributed by atoms with van der Waals surface area (Å²) < 4.78 is 14.1. The van der Waals surface area contributed by atoms with Crippen LogP contribution in [0.15, 0.2) is 18.2 Å². The Bertz CT molecular complexity index is 458. The number of nitrogens with one attached hydrogen (secondary N) is 1. The van der Waals surface area contributed by atoms with Gasteiger partial charge in [0.25, 0.3) is 0 Å². The van der Waals surface area contributed by atoms with Gasteiger partial charge in [0.2, 0.25) is 0 Å². The van der Waals surface area contributed by atoms with Gasteiger partial charge >= 0.3 is 0 Å². The third-order valence-electron chi connectivity index (χ3n) is 5.00. The molecule has 20 heavy (non-hydrogen) atoms. The number of benzene rings is 1. The topological polar surface area (TPSA) is 15.3 Å². The first-order valence-corrected chi connectivity index (χ1v) is 8.00. The van der Waals surface area contributed by atoms with E-state index in [1.165, 1.54) is 38.5 Å². The number of rotatable bonds is 3. The number of piperidine rings is 1. The minimum Gasteiger partial charge on any atom is -0.368 e. The number of halogens is 1. The van der Waals surface area contributed by atoms with Crippen LogP contribution in [0.25, 0.3) is 0 Å². The van der Waals surface area contributed by atoms with E-state index in [1.54, 1.807) is 6.07 Å². The molecule has 1 heterocycles. The molecule has 0 unspecified atom stereocenters. The van der Waals surface area contributed by atoms with Crippen LogP contribution in [0.2, 0.25) is 0 Å². The van der Waals surface area contributed by atoms with Gasteiger partial charge in [0.1, 0.15) is 5.82 Å². The highest BCUT2D eigenvalue weighted by Gasteiger charge is 2.34. The van der Waals surface area contributed by atoms with Gasteiger partial charge in [-0.15, -0.1) is 0 Å². The fourth-order valence-electron chi connectivity index (χ4n) is 4.09. The van der Waals surface area contributed by atoms with Crippen LogP contribution in [0.5, 0.6) is 0 Å². The maximum Gasteiger partial charge on any atom is 0.129 e. The van der Waals surface area contributed by atoms with E-state index in [2.05, 4.69) is 16.3 Å². The zero-order valence-corrected chi connectivity index (χ0v) is 12.4. The quantitative estimate of drug-likeness (QED) is 0.905. The first-order valence-electron chi connectivity index (χ1n) is 8.00. The first kappa shape index (κ1) is 13.9. The van der Waals surface area contributed by atoms with E-state index >= 15 is 0 Å². The second-order valence-corrected chi connectivity index (χ2v) is 6.22. The molecule has 1 aromatic carbocycles. The Morgan fingerprint density at radius 3 is 2.85 bits per heavy atom. The Morgan fingerprint density at radius 2 is 2.00 bits per heavy atom. The summed E-state index contributed by atoms with van der Waals surface area (Å²) in [6.07, 6.45) is 7.95. The second-order valence-electron chi connectivity index (χ2n) is 6.22. The molecule has 1 saturated heterocycles. The molecule has 0 aromatic heterocycles. The van der Waals surface area contributed by atoms with Crippen LogP contribution in [-0.2, 0) is 6.54 Å². The van der Waals surface area contributed by atoms with Crippen molar-refractivity contribution in [3.63, 3.8) is 0 Å². The maximum absolute atomic E-state index is 14.1. The van der Waals surface area contributed by atoms with Gasteiger partial charge in [0.05, 0.1) is 0 Å². The lowest BCUT2D eigenvalue weighted by molar-refractivity contribution is 0.243. The average Bonchev–Trinajstić information content (AvgIpc) is 2.49. The molecule has 0 radical (unpaired) electrons. The molecule has 0 amide bonds. The van der Waals surface area contributed by atoms with Crippen molar-refractivity contribution in [1.82, 2.24) is 5.32 Å². The van der Waals surface area contributed by atoms with E-state index in [4.69, 9.17) is 0 Å². The van der Waals surface area contributed by atoms with Gasteiger partial charge in [-0.05, 0) is 50.8 Å². The average molecular weight is 276 g/mol. The van der Waals surface area contributed by atoms with Crippen LogP contribution in [0.3, 0.4) is 0 Å². The minimum absolute atomic E-state index is 0.0743. The lowest BCUT2D eigenvalue weighted by Crippen LogP contribution is -2.47. The molecule has 2 fully saturated rings. The SMILES string of the molecule is CNCc1c(F)cccc1N1CCC[C@H]2CCCC[C@H]21. The normalized spacial score (nSPS) is 26.4. The van der Waals surface area contributed by atoms with E-state index < -0.39 is 0 Å². The highest BCUT2D eigenvalue weighted by atomic mass is 19.1. The zero-order chi connectivity index (χ0) is 13.9. The number of nitrogens with zero attached hydrogens (tertiary/aromatic N) is 1. The standard InChI is InChI=1S/C17H25FN2/c1-19-12-14-15(18)8-4-10-17(14)20-11-5-7-13-6-2-3-9-16(13)20/h4,8,10,13,16,19H,2-3,5-7,9,11-12H2,1H3/t13-,16-/m1/s1. The fraction of sp³-hybridized carbons (Fsp3) is 0.647. The second kappa shape index (κ2) is 6.13. The predicted molar refractivity (Wildman–Crippen MR) is 81.5 cm³/mol. The van der Waals surface area contributed by atoms with E-state index in [0.29, 0.717) is 12.6 Å². The summed E-state index contributed by atoms with van der Waals surface area (Å²) in [7, 11) is 1.88. The fourth-order valence-corrected chi connectivity index (χ4v) is 4.09. The summed E-state index contributed by atoms with van der Waals surface area (Å²) in [4.78, 5) is 2.50. The largest absolute Gasteiger partial charge is 0.368 e. The van der Waals surface area contributed by atoms with E-state index in [9.17, 15) is 4.39 Å². The predicted octanol–water partition coefficient (Wildman–Crippen LogP) is 3.70. The van der Waals surface area contributed by atoms with Crippen molar-refractivity contribution in [2.45, 2.75) is 51.1 Å². The molecule has 1 aliphatic heterocycles. The summed E-state index contributed by atoms with van der Waals surface area (Å²) in [5.74, 6) is 0.748. The van der Waals surface area contributed by atoms with Crippen LogP contribution in [0, 0.1) is 11.7 Å². The van der Waals surface area contributed by atoms with Gasteiger partial charge in [-0.25, -0.2) is 4.39 Å². The van der Waals surface area contributed by atoms with Crippen molar-refractivity contribution < 1.29 is 4.39 Å². The Balaban J connectivity index is 1.92. The van der Waals surface area contributed by atoms with Crippen molar-refractivity contribution in [1.29, 1.82) is 0 Å². The molecule has 1 N–H and O–H groups in total. The van der Waals surface area contributed by atoms with Crippen molar-refractivity contribution in [3.05, 3.63) is 29.6 Å². The monoisotopic (exact) mass is 276 g/mol. The Morgan fingerprint density at radius 1 is 1.20 bits per heavy atom. The molecule has 1 aliphatic carbocycles. The van der Waals surface area contributed by atoms with Crippen LogP contribution in [-0.4, -0.2) is 19.6 Å². The summed E-state index contributed by atoms with van der Waals surface area (Å²) in [5.41, 5.74) is 1.96. The minimum atomic E-state index is -0.0743. The van der Waals surface area contributed by atoms with Crippen molar-refractivity contribution in [2.24, 2.45) is 5.92 Å². The molecular formula is C17H25FN2. The Labute approximate surface area is 121 Å². The van der Waals surface area contributed by atoms with Gasteiger partial charge in [-0.2, -0.15) is 0 Å². The van der Waals surface area contributed by atoms with Gasteiger partial charge in [0, 0.05) is 30.4 Å². The molecular weight excluding hydrogens is 251 g/mol. The molecule has 1 aromatic rings. The van der Waals surface area contributed by atoms with E-state index in [0.717, 1.165) is 23.7 Å². The van der Waals surface area contributed by atoms with Crippen LogP contribution < -0.4 is 10.2 Å². The highest BCUT2D eigenvalue weighted by Crippen LogP contribution is 2.39. The first-order chi connectivity index (χ1) is 9.81. The van der Waals surface area contributed by atoms with Crippen LogP contribution in [0.1, 0.15) is 44.1 Å². The Hall–Kier alpha value is -1.09. The van der Waals surface area contributed by atoms with Crippen molar-refractivity contribution >= 4 is 5.69 Å².